The van der Waals surface area contributed by atoms with E-state index >= 15 is 0 Å². The van der Waals surface area contributed by atoms with E-state index in [9.17, 15) is 22.8 Å². The van der Waals surface area contributed by atoms with E-state index in [1.807, 2.05) is 6.92 Å². The largest absolute Gasteiger partial charge is 0.359 e. The first-order valence-corrected chi connectivity index (χ1v) is 11.7. The predicted molar refractivity (Wildman–Crippen MR) is 132 cm³/mol. The van der Waals surface area contributed by atoms with Gasteiger partial charge in [-0.05, 0) is 26.7 Å². The lowest BCUT2D eigenvalue weighted by Crippen LogP contribution is -2.45. The second-order valence-corrected chi connectivity index (χ2v) is 9.09. The van der Waals surface area contributed by atoms with E-state index in [4.69, 9.17) is 0 Å². The van der Waals surface area contributed by atoms with Crippen molar-refractivity contribution in [2.45, 2.75) is 58.2 Å². The monoisotopic (exact) mass is 499 g/mol. The van der Waals surface area contributed by atoms with Crippen molar-refractivity contribution in [3.63, 3.8) is 0 Å². The second kappa shape index (κ2) is 10.1. The number of hydrogen-bond acceptors (Lipinski definition) is 5. The summed E-state index contributed by atoms with van der Waals surface area (Å²) in [5.74, 6) is -0.300. The molecule has 2 aromatic heterocycles. The Kier molecular flexibility index (Phi) is 7.14. The van der Waals surface area contributed by atoms with Crippen LogP contribution in [0.15, 0.2) is 47.9 Å². The number of alkyl halides is 2. The quantitative estimate of drug-likeness (QED) is 0.478. The smallest absolute Gasteiger partial charge is 0.266 e. The summed E-state index contributed by atoms with van der Waals surface area (Å²) in [5, 5.41) is 3.62. The zero-order chi connectivity index (χ0) is 26.1. The van der Waals surface area contributed by atoms with Gasteiger partial charge in [-0.3, -0.25) is 9.59 Å². The molecule has 1 fully saturated rings. The van der Waals surface area contributed by atoms with Gasteiger partial charge in [0.2, 0.25) is 5.91 Å². The summed E-state index contributed by atoms with van der Waals surface area (Å²) in [6, 6.07) is 4.25. The molecule has 1 aromatic carbocycles. The van der Waals surface area contributed by atoms with Gasteiger partial charge in [0, 0.05) is 43.4 Å². The van der Waals surface area contributed by atoms with E-state index < -0.39 is 23.8 Å². The molecular weight excluding hydrogens is 471 g/mol. The second-order valence-electron chi connectivity index (χ2n) is 9.09. The molecule has 190 valence electrons. The third-order valence-electron chi connectivity index (χ3n) is 6.67. The first-order chi connectivity index (χ1) is 17.1. The Hall–Kier alpha value is -3.69. The molecule has 10 heteroatoms. The molecule has 0 aliphatic carbocycles. The fourth-order valence-corrected chi connectivity index (χ4v) is 4.89. The van der Waals surface area contributed by atoms with E-state index in [1.54, 1.807) is 22.6 Å². The maximum Gasteiger partial charge on any atom is 0.266 e. The van der Waals surface area contributed by atoms with Crippen molar-refractivity contribution in [2.24, 2.45) is 0 Å². The predicted octanol–water partition coefficient (Wildman–Crippen LogP) is 5.09. The van der Waals surface area contributed by atoms with Gasteiger partial charge in [-0.2, -0.15) is 0 Å². The third-order valence-corrected chi connectivity index (χ3v) is 6.67. The summed E-state index contributed by atoms with van der Waals surface area (Å²) in [4.78, 5) is 35.5. The normalized spacial score (nSPS) is 18.9. The van der Waals surface area contributed by atoms with Crippen LogP contribution in [-0.4, -0.2) is 37.9 Å². The molecule has 1 unspecified atom stereocenters. The maximum absolute atomic E-state index is 14.9. The van der Waals surface area contributed by atoms with E-state index in [-0.39, 0.29) is 29.1 Å². The first-order valence-electron chi connectivity index (χ1n) is 11.7. The topological polar surface area (TPSA) is 80.1 Å². The maximum atomic E-state index is 14.9. The summed E-state index contributed by atoms with van der Waals surface area (Å²) in [5.41, 5.74) is -0.503. The van der Waals surface area contributed by atoms with Crippen molar-refractivity contribution < 1.29 is 18.0 Å². The molecule has 1 aliphatic heterocycles. The van der Waals surface area contributed by atoms with Gasteiger partial charge in [-0.15, -0.1) is 6.58 Å². The number of likely N-dealkylation sites (tertiary alicyclic amines) is 1. The van der Waals surface area contributed by atoms with Gasteiger partial charge in [0.1, 0.15) is 17.5 Å². The molecule has 1 aliphatic rings. The molecule has 0 spiro atoms. The van der Waals surface area contributed by atoms with Crippen LogP contribution in [-0.2, 0) is 4.79 Å². The summed E-state index contributed by atoms with van der Waals surface area (Å²) >= 11 is 0. The van der Waals surface area contributed by atoms with Crippen LogP contribution in [0.25, 0.3) is 10.9 Å². The van der Waals surface area contributed by atoms with E-state index in [1.165, 1.54) is 31.2 Å². The highest BCUT2D eigenvalue weighted by Gasteiger charge is 2.29. The summed E-state index contributed by atoms with van der Waals surface area (Å²) in [6.07, 6.45) is 1.36. The number of carbonyl (C=O) groups is 1. The SMILES string of the molecule is C=C[C@@H](Nc1nc(C)nc2cc(=O)n(C3CCN(C(C)=O)[C@H](C)C3)cc12)c1cccc(C(F)F)c1F. The number of rotatable bonds is 6. The minimum Gasteiger partial charge on any atom is -0.359 e. The zero-order valence-electron chi connectivity index (χ0n) is 20.3. The Bertz CT molecular complexity index is 1370. The van der Waals surface area contributed by atoms with Crippen molar-refractivity contribution in [1.82, 2.24) is 19.4 Å². The first kappa shape index (κ1) is 25.4. The minimum atomic E-state index is -2.95. The van der Waals surface area contributed by atoms with E-state index in [0.717, 1.165) is 6.07 Å². The highest BCUT2D eigenvalue weighted by molar-refractivity contribution is 5.88. The van der Waals surface area contributed by atoms with Crippen LogP contribution < -0.4 is 10.9 Å². The number of pyridine rings is 1. The van der Waals surface area contributed by atoms with Crippen LogP contribution in [0.2, 0.25) is 0 Å². The Balaban J connectivity index is 1.74. The molecular formula is C26H28F3N5O2. The van der Waals surface area contributed by atoms with Gasteiger partial charge in [0.25, 0.3) is 12.0 Å². The molecule has 1 saturated heterocycles. The van der Waals surface area contributed by atoms with Crippen molar-refractivity contribution in [3.8, 4) is 0 Å². The molecule has 1 N–H and O–H groups in total. The van der Waals surface area contributed by atoms with Gasteiger partial charge < -0.3 is 14.8 Å². The summed E-state index contributed by atoms with van der Waals surface area (Å²) in [6.45, 7) is 9.43. The van der Waals surface area contributed by atoms with E-state index in [0.29, 0.717) is 41.9 Å². The fourth-order valence-electron chi connectivity index (χ4n) is 4.89. The number of nitrogens with zero attached hydrogens (tertiary/aromatic N) is 4. The Morgan fingerprint density at radius 1 is 1.28 bits per heavy atom. The van der Waals surface area contributed by atoms with Crippen LogP contribution in [0.1, 0.15) is 62.1 Å². The van der Waals surface area contributed by atoms with Crippen LogP contribution in [0.4, 0.5) is 19.0 Å². The zero-order valence-corrected chi connectivity index (χ0v) is 20.3. The fraction of sp³-hybridized carbons (Fsp3) is 0.385. The molecule has 7 nitrogen and oxygen atoms in total. The number of piperidine rings is 1. The van der Waals surface area contributed by atoms with Crippen molar-refractivity contribution in [3.05, 3.63) is 76.2 Å². The van der Waals surface area contributed by atoms with Crippen LogP contribution in [0, 0.1) is 12.7 Å². The van der Waals surface area contributed by atoms with Gasteiger partial charge >= 0.3 is 0 Å². The number of fused-ring (bicyclic) bond motifs is 1. The van der Waals surface area contributed by atoms with Crippen molar-refractivity contribution >= 4 is 22.6 Å². The summed E-state index contributed by atoms with van der Waals surface area (Å²) < 4.78 is 43.0. The van der Waals surface area contributed by atoms with Crippen molar-refractivity contribution in [1.29, 1.82) is 0 Å². The number of carbonyl (C=O) groups excluding carboxylic acids is 1. The average Bonchev–Trinajstić information content (AvgIpc) is 2.81. The number of anilines is 1. The van der Waals surface area contributed by atoms with E-state index in [2.05, 4.69) is 21.9 Å². The molecule has 36 heavy (non-hydrogen) atoms. The molecule has 0 radical (unpaired) electrons. The number of halogens is 3. The number of hydrogen-bond donors (Lipinski definition) is 1. The van der Waals surface area contributed by atoms with Gasteiger partial charge in [0.15, 0.2) is 0 Å². The lowest BCUT2D eigenvalue weighted by Gasteiger charge is -2.37. The molecule has 3 atom stereocenters. The Labute approximate surface area is 206 Å². The highest BCUT2D eigenvalue weighted by Crippen LogP contribution is 2.32. The molecule has 4 rings (SSSR count). The Morgan fingerprint density at radius 3 is 2.64 bits per heavy atom. The molecule has 1 amide bonds. The number of benzene rings is 1. The molecule has 0 bridgehead atoms. The van der Waals surface area contributed by atoms with Crippen LogP contribution in [0.3, 0.4) is 0 Å². The van der Waals surface area contributed by atoms with Gasteiger partial charge in [-0.1, -0.05) is 24.3 Å². The molecule has 3 aromatic rings. The number of aryl methyl sites for hydroxylation is 1. The summed E-state index contributed by atoms with van der Waals surface area (Å²) in [7, 11) is 0. The number of aromatic nitrogens is 3. The standard InChI is InChI=1S/C26H28F3N5O2/c1-5-21(18-7-6-8-19(24(18)27)25(28)29)32-26-20-13-34(23(36)12-22(20)30-15(3)31-26)17-9-10-33(16(4)35)14(2)11-17/h5-8,12-14,17,21,25H,1,9-11H2,2-4H3,(H,30,31,32)/t14-,17?,21-/m1/s1. The van der Waals surface area contributed by atoms with Crippen molar-refractivity contribution in [2.75, 3.05) is 11.9 Å². The lowest BCUT2D eigenvalue weighted by molar-refractivity contribution is -0.132. The van der Waals surface area contributed by atoms with Crippen LogP contribution >= 0.6 is 0 Å². The van der Waals surface area contributed by atoms with Gasteiger partial charge in [0.05, 0.1) is 22.5 Å². The van der Waals surface area contributed by atoms with Crippen LogP contribution in [0.5, 0.6) is 0 Å². The lowest BCUT2D eigenvalue weighted by atomic mass is 9.97. The number of nitrogens with one attached hydrogen (secondary N) is 1. The minimum absolute atomic E-state index is 0.000722. The number of amides is 1. The third kappa shape index (κ3) is 4.84. The molecule has 0 saturated carbocycles. The highest BCUT2D eigenvalue weighted by atomic mass is 19.3. The Morgan fingerprint density at radius 2 is 2.00 bits per heavy atom. The average molecular weight is 500 g/mol. The van der Waals surface area contributed by atoms with Gasteiger partial charge in [-0.25, -0.2) is 23.1 Å². The molecule has 3 heterocycles.